The SMILES string of the molecule is COCC(C)C(CNC(C)(C)C)c1ccc(Cl)cc1. The smallest absolute Gasteiger partial charge is 0.0494 e. The molecule has 2 nitrogen and oxygen atoms in total. The molecule has 0 saturated heterocycles. The van der Waals surface area contributed by atoms with Gasteiger partial charge in [0.1, 0.15) is 0 Å². The van der Waals surface area contributed by atoms with Crippen LogP contribution < -0.4 is 5.32 Å². The van der Waals surface area contributed by atoms with Crippen molar-refractivity contribution < 1.29 is 4.74 Å². The van der Waals surface area contributed by atoms with Crippen LogP contribution in [-0.2, 0) is 4.74 Å². The number of hydrogen-bond donors (Lipinski definition) is 1. The van der Waals surface area contributed by atoms with Crippen LogP contribution in [0.1, 0.15) is 39.2 Å². The highest BCUT2D eigenvalue weighted by atomic mass is 35.5. The molecule has 0 aliphatic heterocycles. The number of methoxy groups -OCH3 is 1. The zero-order valence-corrected chi connectivity index (χ0v) is 13.4. The van der Waals surface area contributed by atoms with Crippen molar-refractivity contribution in [3.8, 4) is 0 Å². The lowest BCUT2D eigenvalue weighted by molar-refractivity contribution is 0.144. The molecule has 0 spiro atoms. The summed E-state index contributed by atoms with van der Waals surface area (Å²) in [6.07, 6.45) is 0. The molecular weight excluding hydrogens is 258 g/mol. The quantitative estimate of drug-likeness (QED) is 0.849. The number of nitrogens with one attached hydrogen (secondary N) is 1. The molecule has 2 unspecified atom stereocenters. The Kier molecular flexibility index (Phi) is 6.31. The van der Waals surface area contributed by atoms with Gasteiger partial charge in [-0.2, -0.15) is 0 Å². The predicted octanol–water partition coefficient (Wildman–Crippen LogP) is 4.09. The van der Waals surface area contributed by atoms with E-state index in [9.17, 15) is 0 Å². The Morgan fingerprint density at radius 1 is 1.21 bits per heavy atom. The lowest BCUT2D eigenvalue weighted by Gasteiger charge is -2.29. The molecule has 1 rings (SSSR count). The lowest BCUT2D eigenvalue weighted by Crippen LogP contribution is -2.40. The van der Waals surface area contributed by atoms with Crippen LogP contribution in [0.25, 0.3) is 0 Å². The van der Waals surface area contributed by atoms with Crippen molar-refractivity contribution in [3.05, 3.63) is 34.9 Å². The monoisotopic (exact) mass is 283 g/mol. The van der Waals surface area contributed by atoms with Gasteiger partial charge in [0, 0.05) is 36.7 Å². The molecule has 0 radical (unpaired) electrons. The Labute approximate surface area is 122 Å². The van der Waals surface area contributed by atoms with E-state index < -0.39 is 0 Å². The maximum Gasteiger partial charge on any atom is 0.0494 e. The number of benzene rings is 1. The zero-order chi connectivity index (χ0) is 14.5. The summed E-state index contributed by atoms with van der Waals surface area (Å²) in [6.45, 7) is 10.5. The molecule has 108 valence electrons. The summed E-state index contributed by atoms with van der Waals surface area (Å²) in [5.74, 6) is 0.887. The van der Waals surface area contributed by atoms with Crippen molar-refractivity contribution in [2.75, 3.05) is 20.3 Å². The molecule has 0 aliphatic rings. The third-order valence-electron chi connectivity index (χ3n) is 3.27. The first kappa shape index (κ1) is 16.5. The number of hydrogen-bond acceptors (Lipinski definition) is 2. The average Bonchev–Trinajstić information content (AvgIpc) is 2.30. The summed E-state index contributed by atoms with van der Waals surface area (Å²) in [4.78, 5) is 0. The average molecular weight is 284 g/mol. The maximum atomic E-state index is 5.97. The first-order chi connectivity index (χ1) is 8.83. The van der Waals surface area contributed by atoms with E-state index in [-0.39, 0.29) is 5.54 Å². The molecule has 0 fully saturated rings. The molecular formula is C16H26ClNO. The van der Waals surface area contributed by atoms with Crippen LogP contribution in [0.4, 0.5) is 0 Å². The Morgan fingerprint density at radius 3 is 2.26 bits per heavy atom. The van der Waals surface area contributed by atoms with Crippen LogP contribution in [0, 0.1) is 5.92 Å². The second-order valence-electron chi connectivity index (χ2n) is 6.22. The van der Waals surface area contributed by atoms with E-state index in [2.05, 4.69) is 45.1 Å². The Balaban J connectivity index is 2.82. The first-order valence-corrected chi connectivity index (χ1v) is 7.20. The molecule has 1 aromatic carbocycles. The molecule has 1 N–H and O–H groups in total. The van der Waals surface area contributed by atoms with Gasteiger partial charge in [-0.05, 0) is 44.4 Å². The van der Waals surface area contributed by atoms with Crippen LogP contribution in [-0.4, -0.2) is 25.8 Å². The molecule has 0 aromatic heterocycles. The minimum Gasteiger partial charge on any atom is -0.384 e. The second-order valence-corrected chi connectivity index (χ2v) is 6.66. The molecule has 0 heterocycles. The van der Waals surface area contributed by atoms with Gasteiger partial charge in [-0.15, -0.1) is 0 Å². The largest absolute Gasteiger partial charge is 0.384 e. The molecule has 2 atom stereocenters. The van der Waals surface area contributed by atoms with Crippen molar-refractivity contribution >= 4 is 11.6 Å². The van der Waals surface area contributed by atoms with Crippen LogP contribution in [0.5, 0.6) is 0 Å². The van der Waals surface area contributed by atoms with E-state index in [0.29, 0.717) is 11.8 Å². The second kappa shape index (κ2) is 7.28. The molecule has 3 heteroatoms. The minimum absolute atomic E-state index is 0.122. The highest BCUT2D eigenvalue weighted by Gasteiger charge is 2.21. The highest BCUT2D eigenvalue weighted by molar-refractivity contribution is 6.30. The van der Waals surface area contributed by atoms with E-state index >= 15 is 0 Å². The van der Waals surface area contributed by atoms with Crippen molar-refractivity contribution in [3.63, 3.8) is 0 Å². The summed E-state index contributed by atoms with van der Waals surface area (Å²) in [5, 5.41) is 4.37. The van der Waals surface area contributed by atoms with Gasteiger partial charge < -0.3 is 10.1 Å². The summed E-state index contributed by atoms with van der Waals surface area (Å²) in [6, 6.07) is 8.15. The van der Waals surface area contributed by atoms with E-state index in [1.54, 1.807) is 7.11 Å². The molecule has 0 amide bonds. The van der Waals surface area contributed by atoms with E-state index in [0.717, 1.165) is 18.2 Å². The molecule has 1 aromatic rings. The topological polar surface area (TPSA) is 21.3 Å². The first-order valence-electron chi connectivity index (χ1n) is 6.83. The summed E-state index contributed by atoms with van der Waals surface area (Å²) in [7, 11) is 1.76. The Bertz CT molecular complexity index is 369. The van der Waals surface area contributed by atoms with Gasteiger partial charge in [-0.25, -0.2) is 0 Å². The number of halogens is 1. The number of rotatable bonds is 6. The minimum atomic E-state index is 0.122. The third-order valence-corrected chi connectivity index (χ3v) is 3.52. The fraction of sp³-hybridized carbons (Fsp3) is 0.625. The standard InChI is InChI=1S/C16H26ClNO/c1-12(11-19-5)15(10-18-16(2,3)4)13-6-8-14(17)9-7-13/h6-9,12,15,18H,10-11H2,1-5H3. The molecule has 0 aliphatic carbocycles. The molecule has 0 saturated carbocycles. The maximum absolute atomic E-state index is 5.97. The fourth-order valence-electron chi connectivity index (χ4n) is 2.15. The number of ether oxygens (including phenoxy) is 1. The summed E-state index contributed by atoms with van der Waals surface area (Å²) < 4.78 is 5.31. The predicted molar refractivity (Wildman–Crippen MR) is 83.0 cm³/mol. The highest BCUT2D eigenvalue weighted by Crippen LogP contribution is 2.26. The van der Waals surface area contributed by atoms with Gasteiger partial charge in [-0.3, -0.25) is 0 Å². The van der Waals surface area contributed by atoms with Gasteiger partial charge in [0.15, 0.2) is 0 Å². The molecule has 19 heavy (non-hydrogen) atoms. The van der Waals surface area contributed by atoms with Crippen LogP contribution >= 0.6 is 11.6 Å². The zero-order valence-electron chi connectivity index (χ0n) is 12.7. The van der Waals surface area contributed by atoms with Crippen LogP contribution in [0.15, 0.2) is 24.3 Å². The molecule has 0 bridgehead atoms. The van der Waals surface area contributed by atoms with E-state index in [4.69, 9.17) is 16.3 Å². The normalized spacial score (nSPS) is 15.3. The van der Waals surface area contributed by atoms with Crippen molar-refractivity contribution in [1.29, 1.82) is 0 Å². The van der Waals surface area contributed by atoms with E-state index in [1.807, 2.05) is 12.1 Å². The fourth-order valence-corrected chi connectivity index (χ4v) is 2.28. The van der Waals surface area contributed by atoms with Gasteiger partial charge in [0.25, 0.3) is 0 Å². The van der Waals surface area contributed by atoms with Crippen molar-refractivity contribution in [2.45, 2.75) is 39.2 Å². The third kappa shape index (κ3) is 5.94. The van der Waals surface area contributed by atoms with Crippen molar-refractivity contribution in [1.82, 2.24) is 5.32 Å². The summed E-state index contributed by atoms with van der Waals surface area (Å²) in [5.41, 5.74) is 1.43. The lowest BCUT2D eigenvalue weighted by atomic mass is 9.87. The van der Waals surface area contributed by atoms with Crippen LogP contribution in [0.3, 0.4) is 0 Å². The Morgan fingerprint density at radius 2 is 1.79 bits per heavy atom. The van der Waals surface area contributed by atoms with E-state index in [1.165, 1.54) is 5.56 Å². The van der Waals surface area contributed by atoms with Gasteiger partial charge in [0.2, 0.25) is 0 Å². The summed E-state index contributed by atoms with van der Waals surface area (Å²) >= 11 is 5.97. The van der Waals surface area contributed by atoms with Crippen LogP contribution in [0.2, 0.25) is 5.02 Å². The van der Waals surface area contributed by atoms with Crippen molar-refractivity contribution in [2.24, 2.45) is 5.92 Å². The van der Waals surface area contributed by atoms with Gasteiger partial charge in [0.05, 0.1) is 0 Å². The van der Waals surface area contributed by atoms with Gasteiger partial charge >= 0.3 is 0 Å². The van der Waals surface area contributed by atoms with Gasteiger partial charge in [-0.1, -0.05) is 30.7 Å². The Hall–Kier alpha value is -0.570.